The summed E-state index contributed by atoms with van der Waals surface area (Å²) in [7, 11) is 0. The quantitative estimate of drug-likeness (QED) is 0.684. The minimum absolute atomic E-state index is 0.0977. The van der Waals surface area contributed by atoms with E-state index in [2.05, 4.69) is 65.0 Å². The van der Waals surface area contributed by atoms with Gasteiger partial charge in [0.25, 0.3) is 0 Å². The van der Waals surface area contributed by atoms with Gasteiger partial charge in [-0.1, -0.05) is 35.9 Å². The molecule has 30 heavy (non-hydrogen) atoms. The van der Waals surface area contributed by atoms with Gasteiger partial charge in [0, 0.05) is 25.0 Å². The minimum atomic E-state index is 0.0977. The van der Waals surface area contributed by atoms with E-state index < -0.39 is 0 Å². The zero-order chi connectivity index (χ0) is 21.3. The second-order valence-corrected chi connectivity index (χ2v) is 8.84. The smallest absolute Gasteiger partial charge is 0.223 e. The van der Waals surface area contributed by atoms with E-state index in [0.717, 1.165) is 49.5 Å². The number of nitrogens with zero attached hydrogens (tertiary/aromatic N) is 3. The zero-order valence-electron chi connectivity index (χ0n) is 18.5. The van der Waals surface area contributed by atoms with Gasteiger partial charge in [0.1, 0.15) is 0 Å². The van der Waals surface area contributed by atoms with E-state index in [9.17, 15) is 4.79 Å². The fraction of sp³-hybridized carbons (Fsp3) is 0.440. The van der Waals surface area contributed by atoms with Crippen LogP contribution in [0, 0.1) is 19.8 Å². The number of imidazole rings is 1. The predicted molar refractivity (Wildman–Crippen MR) is 123 cm³/mol. The van der Waals surface area contributed by atoms with Crippen molar-refractivity contribution in [2.24, 2.45) is 5.92 Å². The van der Waals surface area contributed by atoms with Crippen LogP contribution in [0.15, 0.2) is 42.5 Å². The molecule has 1 aromatic heterocycles. The molecule has 1 aliphatic rings. The number of fused-ring (bicyclic) bond motifs is 1. The summed E-state index contributed by atoms with van der Waals surface area (Å²) in [5, 5.41) is 3.07. The number of aromatic nitrogens is 2. The van der Waals surface area contributed by atoms with Crippen LogP contribution in [0.4, 0.5) is 5.95 Å². The van der Waals surface area contributed by atoms with Crippen LogP contribution in [0.1, 0.15) is 43.4 Å². The lowest BCUT2D eigenvalue weighted by Gasteiger charge is -2.32. The Labute approximate surface area is 179 Å². The van der Waals surface area contributed by atoms with E-state index in [-0.39, 0.29) is 17.9 Å². The lowest BCUT2D eigenvalue weighted by molar-refractivity contribution is -0.126. The number of benzene rings is 2. The summed E-state index contributed by atoms with van der Waals surface area (Å²) >= 11 is 0. The third-order valence-electron chi connectivity index (χ3n) is 6.05. The standard InChI is InChI=1S/C25H32N4O/c1-17(2)26-24(30)20-11-13-28(14-12-20)25-27-22-7-5-6-8-23(22)29(25)16-21-15-18(3)9-10-19(21)4/h5-10,15,17,20H,11-14,16H2,1-4H3,(H,26,30). The highest BCUT2D eigenvalue weighted by Gasteiger charge is 2.28. The molecule has 2 heterocycles. The molecule has 1 amide bonds. The van der Waals surface area contributed by atoms with Gasteiger partial charge in [-0.15, -0.1) is 0 Å². The summed E-state index contributed by atoms with van der Waals surface area (Å²) in [4.78, 5) is 19.8. The normalized spacial score (nSPS) is 15.2. The molecule has 0 spiro atoms. The van der Waals surface area contributed by atoms with E-state index in [1.54, 1.807) is 0 Å². The zero-order valence-corrected chi connectivity index (χ0v) is 18.5. The van der Waals surface area contributed by atoms with Crippen molar-refractivity contribution in [1.29, 1.82) is 0 Å². The highest BCUT2D eigenvalue weighted by molar-refractivity contribution is 5.80. The third-order valence-corrected chi connectivity index (χ3v) is 6.05. The van der Waals surface area contributed by atoms with Crippen LogP contribution in [0.5, 0.6) is 0 Å². The van der Waals surface area contributed by atoms with Gasteiger partial charge in [0.2, 0.25) is 11.9 Å². The van der Waals surface area contributed by atoms with Crippen LogP contribution >= 0.6 is 0 Å². The molecule has 0 saturated carbocycles. The largest absolute Gasteiger partial charge is 0.354 e. The van der Waals surface area contributed by atoms with Crippen molar-refractivity contribution in [1.82, 2.24) is 14.9 Å². The Kier molecular flexibility index (Phi) is 5.80. The fourth-order valence-corrected chi connectivity index (χ4v) is 4.35. The second kappa shape index (κ2) is 8.50. The maximum absolute atomic E-state index is 12.4. The molecule has 3 aromatic rings. The third kappa shape index (κ3) is 4.20. The number of hydrogen-bond acceptors (Lipinski definition) is 3. The molecule has 1 saturated heterocycles. The van der Waals surface area contributed by atoms with Gasteiger partial charge in [-0.3, -0.25) is 4.79 Å². The molecule has 5 heteroatoms. The second-order valence-electron chi connectivity index (χ2n) is 8.84. The molecule has 1 N–H and O–H groups in total. The highest BCUT2D eigenvalue weighted by Crippen LogP contribution is 2.28. The van der Waals surface area contributed by atoms with Gasteiger partial charge in [0.15, 0.2) is 0 Å². The summed E-state index contributed by atoms with van der Waals surface area (Å²) in [6, 6.07) is 15.2. The summed E-state index contributed by atoms with van der Waals surface area (Å²) in [5.74, 6) is 1.30. The van der Waals surface area contributed by atoms with Crippen LogP contribution in [0.3, 0.4) is 0 Å². The number of carbonyl (C=O) groups is 1. The molecule has 0 atom stereocenters. The van der Waals surface area contributed by atoms with Crippen LogP contribution in [0.25, 0.3) is 11.0 Å². The van der Waals surface area contributed by atoms with Crippen molar-refractivity contribution in [3.05, 3.63) is 59.2 Å². The number of aryl methyl sites for hydroxylation is 2. The topological polar surface area (TPSA) is 50.2 Å². The maximum atomic E-state index is 12.4. The van der Waals surface area contributed by atoms with Crippen molar-refractivity contribution >= 4 is 22.9 Å². The van der Waals surface area contributed by atoms with Gasteiger partial charge in [0.05, 0.1) is 17.6 Å². The number of hydrogen-bond donors (Lipinski definition) is 1. The number of amides is 1. The molecule has 1 aliphatic heterocycles. The highest BCUT2D eigenvalue weighted by atomic mass is 16.1. The number of anilines is 1. The average Bonchev–Trinajstić information content (AvgIpc) is 3.09. The van der Waals surface area contributed by atoms with Crippen LogP contribution in [0.2, 0.25) is 0 Å². The number of nitrogens with one attached hydrogen (secondary N) is 1. The molecule has 0 bridgehead atoms. The number of para-hydroxylation sites is 2. The summed E-state index contributed by atoms with van der Waals surface area (Å²) < 4.78 is 2.34. The Morgan fingerprint density at radius 3 is 2.60 bits per heavy atom. The lowest BCUT2D eigenvalue weighted by atomic mass is 9.96. The van der Waals surface area contributed by atoms with Crippen molar-refractivity contribution in [2.75, 3.05) is 18.0 Å². The lowest BCUT2D eigenvalue weighted by Crippen LogP contribution is -2.43. The number of carbonyl (C=O) groups excluding carboxylic acids is 1. The van der Waals surface area contributed by atoms with Gasteiger partial charge in [-0.05, 0) is 63.8 Å². The van der Waals surface area contributed by atoms with Gasteiger partial charge in [-0.25, -0.2) is 4.98 Å². The SMILES string of the molecule is Cc1ccc(C)c(Cn2c(N3CCC(C(=O)NC(C)C)CC3)nc3ccccc32)c1. The Morgan fingerprint density at radius 1 is 1.13 bits per heavy atom. The van der Waals surface area contributed by atoms with E-state index >= 15 is 0 Å². The molecule has 0 unspecified atom stereocenters. The van der Waals surface area contributed by atoms with E-state index in [1.165, 1.54) is 16.7 Å². The van der Waals surface area contributed by atoms with Crippen molar-refractivity contribution in [3.8, 4) is 0 Å². The molecule has 5 nitrogen and oxygen atoms in total. The Balaban J connectivity index is 1.61. The predicted octanol–water partition coefficient (Wildman–Crippen LogP) is 4.44. The molecule has 0 aliphatic carbocycles. The van der Waals surface area contributed by atoms with Crippen LogP contribution in [-0.4, -0.2) is 34.6 Å². The van der Waals surface area contributed by atoms with E-state index in [0.29, 0.717) is 0 Å². The first kappa shape index (κ1) is 20.5. The first-order chi connectivity index (χ1) is 14.4. The Bertz CT molecular complexity index is 1040. The van der Waals surface area contributed by atoms with Gasteiger partial charge in [-0.2, -0.15) is 0 Å². The fourth-order valence-electron chi connectivity index (χ4n) is 4.35. The van der Waals surface area contributed by atoms with Gasteiger partial charge >= 0.3 is 0 Å². The van der Waals surface area contributed by atoms with Gasteiger partial charge < -0.3 is 14.8 Å². The first-order valence-corrected chi connectivity index (χ1v) is 11.0. The van der Waals surface area contributed by atoms with E-state index in [4.69, 9.17) is 4.98 Å². The Hall–Kier alpha value is -2.82. The van der Waals surface area contributed by atoms with Crippen LogP contribution < -0.4 is 10.2 Å². The monoisotopic (exact) mass is 404 g/mol. The van der Waals surface area contributed by atoms with Crippen LogP contribution in [-0.2, 0) is 11.3 Å². The van der Waals surface area contributed by atoms with Crippen molar-refractivity contribution in [3.63, 3.8) is 0 Å². The molecular formula is C25H32N4O. The summed E-state index contributed by atoms with van der Waals surface area (Å²) in [5.41, 5.74) is 6.09. The number of rotatable bonds is 5. The molecule has 0 radical (unpaired) electrons. The molecular weight excluding hydrogens is 372 g/mol. The van der Waals surface area contributed by atoms with Crippen molar-refractivity contribution in [2.45, 2.75) is 53.1 Å². The van der Waals surface area contributed by atoms with Crippen molar-refractivity contribution < 1.29 is 4.79 Å². The van der Waals surface area contributed by atoms with E-state index in [1.807, 2.05) is 19.9 Å². The maximum Gasteiger partial charge on any atom is 0.223 e. The Morgan fingerprint density at radius 2 is 1.87 bits per heavy atom. The minimum Gasteiger partial charge on any atom is -0.354 e. The summed E-state index contributed by atoms with van der Waals surface area (Å²) in [6.45, 7) is 10.9. The number of piperidine rings is 1. The molecule has 158 valence electrons. The average molecular weight is 405 g/mol. The molecule has 2 aromatic carbocycles. The molecule has 4 rings (SSSR count). The molecule has 1 fully saturated rings. The first-order valence-electron chi connectivity index (χ1n) is 11.0. The summed E-state index contributed by atoms with van der Waals surface area (Å²) in [6.07, 6.45) is 1.73.